The first-order valence-corrected chi connectivity index (χ1v) is 8.67. The minimum Gasteiger partial charge on any atom is -0.444 e. The average Bonchev–Trinajstić information content (AvgIpc) is 2.54. The molecule has 2 rings (SSSR count). The van der Waals surface area contributed by atoms with Crippen LogP contribution in [0.3, 0.4) is 0 Å². The quantitative estimate of drug-likeness (QED) is 0.604. The standard InChI is InChI=1S/C19H26N2O4/c1-19(2,3)25-18(24)21-10-6-14(7-11-21)12-16(22)13-17(23)15-4-8-20-9-5-15/h4-5,8-9,14H,6-7,10-13H2,1-3H3. The van der Waals surface area contributed by atoms with Crippen LogP contribution < -0.4 is 0 Å². The van der Waals surface area contributed by atoms with Gasteiger partial charge < -0.3 is 9.64 Å². The summed E-state index contributed by atoms with van der Waals surface area (Å²) in [7, 11) is 0. The van der Waals surface area contributed by atoms with Gasteiger partial charge in [0.15, 0.2) is 5.78 Å². The van der Waals surface area contributed by atoms with Crippen LogP contribution >= 0.6 is 0 Å². The van der Waals surface area contributed by atoms with Gasteiger partial charge in [0.2, 0.25) is 0 Å². The molecule has 0 bridgehead atoms. The number of Topliss-reactive ketones (excluding diaryl/α,β-unsaturated/α-hetero) is 2. The molecule has 0 aromatic carbocycles. The van der Waals surface area contributed by atoms with Crippen molar-refractivity contribution in [3.63, 3.8) is 0 Å². The van der Waals surface area contributed by atoms with Crippen LogP contribution in [0.5, 0.6) is 0 Å². The van der Waals surface area contributed by atoms with Gasteiger partial charge in [0.25, 0.3) is 0 Å². The number of nitrogens with zero attached hydrogens (tertiary/aromatic N) is 2. The number of amides is 1. The van der Waals surface area contributed by atoms with Gasteiger partial charge in [-0.3, -0.25) is 14.6 Å². The van der Waals surface area contributed by atoms with Crippen LogP contribution in [-0.4, -0.2) is 46.2 Å². The Kier molecular flexibility index (Phi) is 6.28. The van der Waals surface area contributed by atoms with Gasteiger partial charge in [-0.2, -0.15) is 0 Å². The Morgan fingerprint density at radius 1 is 1.16 bits per heavy atom. The first-order chi connectivity index (χ1) is 11.7. The van der Waals surface area contributed by atoms with Gasteiger partial charge in [0.1, 0.15) is 11.4 Å². The lowest BCUT2D eigenvalue weighted by molar-refractivity contribution is -0.119. The van der Waals surface area contributed by atoms with E-state index in [9.17, 15) is 14.4 Å². The lowest BCUT2D eigenvalue weighted by atomic mass is 9.90. The van der Waals surface area contributed by atoms with E-state index in [4.69, 9.17) is 4.74 Å². The van der Waals surface area contributed by atoms with Gasteiger partial charge in [0.05, 0.1) is 6.42 Å². The van der Waals surface area contributed by atoms with E-state index in [2.05, 4.69) is 4.98 Å². The fourth-order valence-electron chi connectivity index (χ4n) is 2.86. The van der Waals surface area contributed by atoms with E-state index in [1.807, 2.05) is 20.8 Å². The molecule has 0 aliphatic carbocycles. The molecular weight excluding hydrogens is 320 g/mol. The van der Waals surface area contributed by atoms with Crippen molar-refractivity contribution >= 4 is 17.7 Å². The van der Waals surface area contributed by atoms with Crippen molar-refractivity contribution in [2.45, 2.75) is 52.1 Å². The summed E-state index contributed by atoms with van der Waals surface area (Å²) in [6.45, 7) is 6.71. The fourth-order valence-corrected chi connectivity index (χ4v) is 2.86. The number of ether oxygens (including phenoxy) is 1. The number of rotatable bonds is 5. The number of hydrogen-bond acceptors (Lipinski definition) is 5. The fraction of sp³-hybridized carbons (Fsp3) is 0.579. The molecule has 0 unspecified atom stereocenters. The van der Waals surface area contributed by atoms with Crippen molar-refractivity contribution in [1.82, 2.24) is 9.88 Å². The van der Waals surface area contributed by atoms with E-state index < -0.39 is 5.60 Å². The normalized spacial score (nSPS) is 15.7. The third kappa shape index (κ3) is 6.29. The number of ketones is 2. The second kappa shape index (κ2) is 8.23. The van der Waals surface area contributed by atoms with E-state index in [1.165, 1.54) is 0 Å². The largest absolute Gasteiger partial charge is 0.444 e. The lowest BCUT2D eigenvalue weighted by Gasteiger charge is -2.33. The highest BCUT2D eigenvalue weighted by Crippen LogP contribution is 2.23. The monoisotopic (exact) mass is 346 g/mol. The number of likely N-dealkylation sites (tertiary alicyclic amines) is 1. The first kappa shape index (κ1) is 19.1. The predicted octanol–water partition coefficient (Wildman–Crippen LogP) is 3.26. The maximum Gasteiger partial charge on any atom is 0.410 e. The second-order valence-electron chi connectivity index (χ2n) is 7.49. The van der Waals surface area contributed by atoms with E-state index in [1.54, 1.807) is 29.4 Å². The van der Waals surface area contributed by atoms with E-state index >= 15 is 0 Å². The van der Waals surface area contributed by atoms with E-state index in [0.717, 1.165) is 12.8 Å². The van der Waals surface area contributed by atoms with Gasteiger partial charge in [-0.1, -0.05) is 0 Å². The smallest absolute Gasteiger partial charge is 0.410 e. The highest BCUT2D eigenvalue weighted by molar-refractivity contribution is 6.07. The van der Waals surface area contributed by atoms with Crippen molar-refractivity contribution < 1.29 is 19.1 Å². The van der Waals surface area contributed by atoms with Crippen LogP contribution in [0, 0.1) is 5.92 Å². The van der Waals surface area contributed by atoms with Crippen LogP contribution in [0.15, 0.2) is 24.5 Å². The van der Waals surface area contributed by atoms with Gasteiger partial charge in [0, 0.05) is 37.5 Å². The molecule has 0 saturated carbocycles. The predicted molar refractivity (Wildman–Crippen MR) is 93.3 cm³/mol. The molecule has 6 nitrogen and oxygen atoms in total. The Labute approximate surface area is 148 Å². The third-order valence-electron chi connectivity index (χ3n) is 4.14. The maximum atomic E-state index is 12.2. The Bertz CT molecular complexity index is 614. The zero-order valence-corrected chi connectivity index (χ0v) is 15.2. The molecule has 136 valence electrons. The number of aromatic nitrogens is 1. The highest BCUT2D eigenvalue weighted by atomic mass is 16.6. The zero-order chi connectivity index (χ0) is 18.4. The molecule has 0 spiro atoms. The van der Waals surface area contributed by atoms with Gasteiger partial charge in [-0.15, -0.1) is 0 Å². The van der Waals surface area contributed by atoms with Crippen LogP contribution in [0.1, 0.15) is 56.8 Å². The Morgan fingerprint density at radius 3 is 2.32 bits per heavy atom. The molecule has 1 aromatic heterocycles. The molecule has 1 aromatic rings. The topological polar surface area (TPSA) is 76.6 Å². The van der Waals surface area contributed by atoms with Gasteiger partial charge in [-0.25, -0.2) is 4.79 Å². The molecule has 25 heavy (non-hydrogen) atoms. The van der Waals surface area contributed by atoms with Crippen molar-refractivity contribution in [1.29, 1.82) is 0 Å². The van der Waals surface area contributed by atoms with Gasteiger partial charge in [-0.05, 0) is 51.7 Å². The Balaban J connectivity index is 1.75. The summed E-state index contributed by atoms with van der Waals surface area (Å²) in [5.41, 5.74) is 0.0140. The maximum absolute atomic E-state index is 12.2. The summed E-state index contributed by atoms with van der Waals surface area (Å²) in [6.07, 6.45) is 4.62. The average molecular weight is 346 g/mol. The molecule has 2 heterocycles. The molecule has 1 amide bonds. The summed E-state index contributed by atoms with van der Waals surface area (Å²) in [6, 6.07) is 3.24. The van der Waals surface area contributed by atoms with Crippen LogP contribution in [0.4, 0.5) is 4.79 Å². The number of carbonyl (C=O) groups is 3. The molecule has 1 saturated heterocycles. The van der Waals surface area contributed by atoms with Crippen LogP contribution in [0.2, 0.25) is 0 Å². The SMILES string of the molecule is CC(C)(C)OC(=O)N1CCC(CC(=O)CC(=O)c2ccncc2)CC1. The van der Waals surface area contributed by atoms with E-state index in [-0.39, 0.29) is 30.0 Å². The van der Waals surface area contributed by atoms with E-state index in [0.29, 0.717) is 25.1 Å². The van der Waals surface area contributed by atoms with Crippen LogP contribution in [-0.2, 0) is 9.53 Å². The summed E-state index contributed by atoms with van der Waals surface area (Å²) >= 11 is 0. The van der Waals surface area contributed by atoms with Crippen LogP contribution in [0.25, 0.3) is 0 Å². The molecule has 0 N–H and O–H groups in total. The summed E-state index contributed by atoms with van der Waals surface area (Å²) in [4.78, 5) is 41.8. The summed E-state index contributed by atoms with van der Waals surface area (Å²) < 4.78 is 5.37. The molecule has 0 atom stereocenters. The van der Waals surface area contributed by atoms with Crippen molar-refractivity contribution in [3.8, 4) is 0 Å². The summed E-state index contributed by atoms with van der Waals surface area (Å²) in [5, 5.41) is 0. The van der Waals surface area contributed by atoms with Crippen molar-refractivity contribution in [3.05, 3.63) is 30.1 Å². The molecule has 1 fully saturated rings. The second-order valence-corrected chi connectivity index (χ2v) is 7.49. The Morgan fingerprint density at radius 2 is 1.76 bits per heavy atom. The number of piperidine rings is 1. The third-order valence-corrected chi connectivity index (χ3v) is 4.14. The zero-order valence-electron chi connectivity index (χ0n) is 15.2. The molecule has 1 aliphatic heterocycles. The van der Waals surface area contributed by atoms with Crippen molar-refractivity contribution in [2.24, 2.45) is 5.92 Å². The van der Waals surface area contributed by atoms with Gasteiger partial charge >= 0.3 is 6.09 Å². The number of hydrogen-bond donors (Lipinski definition) is 0. The minimum absolute atomic E-state index is 0.0440. The Hall–Kier alpha value is -2.24. The summed E-state index contributed by atoms with van der Waals surface area (Å²) in [5.74, 6) is 0.00699. The minimum atomic E-state index is -0.503. The molecule has 1 aliphatic rings. The molecule has 0 radical (unpaired) electrons. The number of pyridine rings is 1. The highest BCUT2D eigenvalue weighted by Gasteiger charge is 2.28. The molecule has 6 heteroatoms. The molecular formula is C19H26N2O4. The number of carbonyl (C=O) groups excluding carboxylic acids is 3. The first-order valence-electron chi connectivity index (χ1n) is 8.67. The van der Waals surface area contributed by atoms with Crippen molar-refractivity contribution in [2.75, 3.05) is 13.1 Å². The lowest BCUT2D eigenvalue weighted by Crippen LogP contribution is -2.42.